The van der Waals surface area contributed by atoms with Crippen molar-refractivity contribution in [2.45, 2.75) is 11.8 Å². The number of nitrogens with zero attached hydrogens (tertiary/aromatic N) is 1. The van der Waals surface area contributed by atoms with Crippen LogP contribution in [0.3, 0.4) is 0 Å². The summed E-state index contributed by atoms with van der Waals surface area (Å²) in [6, 6.07) is 8.37. The molecule has 94 valence electrons. The van der Waals surface area contributed by atoms with Gasteiger partial charge in [0.25, 0.3) is 0 Å². The number of aromatic nitrogens is 1. The molecule has 0 spiro atoms. The van der Waals surface area contributed by atoms with Crippen molar-refractivity contribution >= 4 is 39.9 Å². The number of hydrogen-bond acceptors (Lipinski definition) is 4. The molecular formula is C14H11N3S2. The quantitative estimate of drug-likeness (QED) is 0.695. The first-order valence-corrected chi connectivity index (χ1v) is 7.51. The summed E-state index contributed by atoms with van der Waals surface area (Å²) in [5.74, 6) is 0. The molecule has 3 aromatic rings. The number of nitriles is 1. The maximum Gasteiger partial charge on any atom is 0.101 e. The van der Waals surface area contributed by atoms with Crippen molar-refractivity contribution in [3.63, 3.8) is 0 Å². The Labute approximate surface area is 119 Å². The van der Waals surface area contributed by atoms with Gasteiger partial charge in [0.05, 0.1) is 16.8 Å². The minimum atomic E-state index is 0.691. The second-order valence-electron chi connectivity index (χ2n) is 4.16. The van der Waals surface area contributed by atoms with Crippen LogP contribution < -0.4 is 4.72 Å². The zero-order valence-corrected chi connectivity index (χ0v) is 11.9. The summed E-state index contributed by atoms with van der Waals surface area (Å²) in [4.78, 5) is 4.37. The minimum Gasteiger partial charge on any atom is -0.358 e. The molecule has 0 aliphatic carbocycles. The van der Waals surface area contributed by atoms with E-state index in [2.05, 4.69) is 32.6 Å². The zero-order valence-electron chi connectivity index (χ0n) is 10.2. The average Bonchev–Trinajstić information content (AvgIpc) is 3.07. The number of aromatic amines is 1. The molecule has 0 saturated heterocycles. The molecule has 1 aromatic carbocycles. The maximum absolute atomic E-state index is 9.13. The van der Waals surface area contributed by atoms with Crippen molar-refractivity contribution in [1.29, 1.82) is 5.26 Å². The Hall–Kier alpha value is -1.90. The lowest BCUT2D eigenvalue weighted by atomic mass is 10.1. The van der Waals surface area contributed by atoms with Crippen molar-refractivity contribution in [2.75, 3.05) is 4.72 Å². The van der Waals surface area contributed by atoms with E-state index in [1.807, 2.05) is 19.1 Å². The molecule has 0 amide bonds. The smallest absolute Gasteiger partial charge is 0.101 e. The van der Waals surface area contributed by atoms with Gasteiger partial charge in [-0.1, -0.05) is 6.07 Å². The Bertz CT molecular complexity index is 751. The highest BCUT2D eigenvalue weighted by Crippen LogP contribution is 2.31. The van der Waals surface area contributed by atoms with Crippen LogP contribution in [0.2, 0.25) is 0 Å². The molecule has 0 unspecified atom stereocenters. The van der Waals surface area contributed by atoms with E-state index >= 15 is 0 Å². The van der Waals surface area contributed by atoms with Gasteiger partial charge in [-0.25, -0.2) is 0 Å². The Morgan fingerprint density at radius 1 is 1.37 bits per heavy atom. The third-order valence-electron chi connectivity index (χ3n) is 2.94. The molecule has 19 heavy (non-hydrogen) atoms. The number of benzene rings is 1. The summed E-state index contributed by atoms with van der Waals surface area (Å²) in [6.07, 6.45) is 1.76. The standard InChI is InChI=1S/C14H11N3S2/c1-9-2-3-12(17-19-11-4-5-18-8-11)14-13(9)10(6-15)7-16-14/h2-5,7-8,16-17H,1H3. The zero-order chi connectivity index (χ0) is 13.2. The number of aryl methyl sites for hydroxylation is 1. The number of rotatable bonds is 3. The van der Waals surface area contributed by atoms with Gasteiger partial charge in [-0.3, -0.25) is 0 Å². The predicted octanol–water partition coefficient (Wildman–Crippen LogP) is 4.53. The topological polar surface area (TPSA) is 51.6 Å². The van der Waals surface area contributed by atoms with Crippen LogP contribution >= 0.6 is 23.3 Å². The maximum atomic E-state index is 9.13. The van der Waals surface area contributed by atoms with E-state index in [1.54, 1.807) is 29.5 Å². The highest BCUT2D eigenvalue weighted by molar-refractivity contribution is 8.00. The van der Waals surface area contributed by atoms with Crippen molar-refractivity contribution in [1.82, 2.24) is 4.98 Å². The summed E-state index contributed by atoms with van der Waals surface area (Å²) in [7, 11) is 0. The lowest BCUT2D eigenvalue weighted by molar-refractivity contribution is 1.44. The fourth-order valence-electron chi connectivity index (χ4n) is 2.02. The first-order chi connectivity index (χ1) is 9.29. The summed E-state index contributed by atoms with van der Waals surface area (Å²) in [5.41, 5.74) is 3.79. The van der Waals surface area contributed by atoms with Gasteiger partial charge in [-0.2, -0.15) is 16.6 Å². The van der Waals surface area contributed by atoms with Gasteiger partial charge in [0.1, 0.15) is 6.07 Å². The van der Waals surface area contributed by atoms with Gasteiger partial charge in [0.2, 0.25) is 0 Å². The first kappa shape index (κ1) is 12.2. The lowest BCUT2D eigenvalue weighted by Crippen LogP contribution is -1.89. The second kappa shape index (κ2) is 5.00. The molecule has 3 nitrogen and oxygen atoms in total. The van der Waals surface area contributed by atoms with E-state index in [-0.39, 0.29) is 0 Å². The molecule has 3 rings (SSSR count). The lowest BCUT2D eigenvalue weighted by Gasteiger charge is -2.07. The summed E-state index contributed by atoms with van der Waals surface area (Å²) < 4.78 is 3.34. The number of fused-ring (bicyclic) bond motifs is 1. The monoisotopic (exact) mass is 285 g/mol. The van der Waals surface area contributed by atoms with Crippen LogP contribution in [-0.2, 0) is 0 Å². The van der Waals surface area contributed by atoms with E-state index in [0.29, 0.717) is 5.56 Å². The van der Waals surface area contributed by atoms with Crippen molar-refractivity contribution < 1.29 is 0 Å². The summed E-state index contributed by atoms with van der Waals surface area (Å²) in [5, 5.41) is 14.3. The van der Waals surface area contributed by atoms with Gasteiger partial charge in [-0.15, -0.1) is 0 Å². The average molecular weight is 285 g/mol. The van der Waals surface area contributed by atoms with E-state index in [9.17, 15) is 0 Å². The largest absolute Gasteiger partial charge is 0.358 e. The number of nitrogens with one attached hydrogen (secondary N) is 2. The third-order valence-corrected chi connectivity index (χ3v) is 4.58. The molecule has 0 aliphatic heterocycles. The summed E-state index contributed by atoms with van der Waals surface area (Å²) >= 11 is 3.25. The molecule has 0 atom stereocenters. The Kier molecular flexibility index (Phi) is 3.20. The third kappa shape index (κ3) is 2.21. The number of thiophene rings is 1. The van der Waals surface area contributed by atoms with Crippen LogP contribution in [0, 0.1) is 18.3 Å². The van der Waals surface area contributed by atoms with Crippen molar-refractivity contribution in [2.24, 2.45) is 0 Å². The van der Waals surface area contributed by atoms with Gasteiger partial charge in [0.15, 0.2) is 0 Å². The van der Waals surface area contributed by atoms with Crippen LogP contribution in [0.5, 0.6) is 0 Å². The van der Waals surface area contributed by atoms with Crippen LogP contribution in [0.15, 0.2) is 40.1 Å². The molecule has 0 saturated carbocycles. The minimum absolute atomic E-state index is 0.691. The van der Waals surface area contributed by atoms with Crippen LogP contribution in [-0.4, -0.2) is 4.98 Å². The number of hydrogen-bond donors (Lipinski definition) is 2. The van der Waals surface area contributed by atoms with Gasteiger partial charge < -0.3 is 9.71 Å². The second-order valence-corrected chi connectivity index (χ2v) is 5.82. The molecule has 2 aromatic heterocycles. The van der Waals surface area contributed by atoms with E-state index in [0.717, 1.165) is 22.2 Å². The van der Waals surface area contributed by atoms with Crippen LogP contribution in [0.25, 0.3) is 10.9 Å². The van der Waals surface area contributed by atoms with E-state index < -0.39 is 0 Å². The number of anilines is 1. The fourth-order valence-corrected chi connectivity index (χ4v) is 3.51. The normalized spacial score (nSPS) is 10.5. The molecule has 0 radical (unpaired) electrons. The molecule has 5 heteroatoms. The predicted molar refractivity (Wildman–Crippen MR) is 81.5 cm³/mol. The number of H-pyrrole nitrogens is 1. The van der Waals surface area contributed by atoms with E-state index in [1.165, 1.54) is 4.90 Å². The highest BCUT2D eigenvalue weighted by Gasteiger charge is 2.10. The Morgan fingerprint density at radius 2 is 2.26 bits per heavy atom. The SMILES string of the molecule is Cc1ccc(NSc2ccsc2)c2[nH]cc(C#N)c12. The Morgan fingerprint density at radius 3 is 3.00 bits per heavy atom. The van der Waals surface area contributed by atoms with Crippen LogP contribution in [0.4, 0.5) is 5.69 Å². The molecule has 2 heterocycles. The molecule has 0 aliphatic rings. The summed E-state index contributed by atoms with van der Waals surface area (Å²) in [6.45, 7) is 2.02. The van der Waals surface area contributed by atoms with Gasteiger partial charge in [0, 0.05) is 21.9 Å². The molecule has 0 bridgehead atoms. The van der Waals surface area contributed by atoms with Gasteiger partial charge in [-0.05, 0) is 41.9 Å². The molecule has 0 fully saturated rings. The first-order valence-electron chi connectivity index (χ1n) is 5.75. The fraction of sp³-hybridized carbons (Fsp3) is 0.0714. The van der Waals surface area contributed by atoms with Crippen molar-refractivity contribution in [3.8, 4) is 6.07 Å². The molecule has 2 N–H and O–H groups in total. The highest BCUT2D eigenvalue weighted by atomic mass is 32.2. The van der Waals surface area contributed by atoms with Crippen molar-refractivity contribution in [3.05, 3.63) is 46.3 Å². The molecular weight excluding hydrogens is 274 g/mol. The Balaban J connectivity index is 1.98. The van der Waals surface area contributed by atoms with Gasteiger partial charge >= 0.3 is 0 Å². The van der Waals surface area contributed by atoms with Crippen LogP contribution in [0.1, 0.15) is 11.1 Å². The van der Waals surface area contributed by atoms with E-state index in [4.69, 9.17) is 5.26 Å².